The number of methoxy groups -OCH3 is 1. The fourth-order valence-corrected chi connectivity index (χ4v) is 3.62. The molecule has 2 aromatic rings. The number of carbonyl (C=O) groups excluding carboxylic acids is 1. The maximum absolute atomic E-state index is 12.2. The predicted octanol–water partition coefficient (Wildman–Crippen LogP) is 1.04. The summed E-state index contributed by atoms with van der Waals surface area (Å²) in [6.07, 6.45) is 3.16. The van der Waals surface area contributed by atoms with Crippen LogP contribution in [0.25, 0.3) is 0 Å². The number of aryl methyl sites for hydroxylation is 1. The highest BCUT2D eigenvalue weighted by atomic mass is 32.2. The lowest BCUT2D eigenvalue weighted by molar-refractivity contribution is -0.120. The number of ether oxygens (including phenoxy) is 1. The number of amides is 1. The molecule has 0 unspecified atom stereocenters. The zero-order valence-corrected chi connectivity index (χ0v) is 13.6. The van der Waals surface area contributed by atoms with Gasteiger partial charge >= 0.3 is 0 Å². The van der Waals surface area contributed by atoms with Crippen LogP contribution in [0.1, 0.15) is 17.9 Å². The summed E-state index contributed by atoms with van der Waals surface area (Å²) >= 11 is 0. The minimum absolute atomic E-state index is 0.0183. The van der Waals surface area contributed by atoms with Crippen LogP contribution in [0.4, 0.5) is 0 Å². The van der Waals surface area contributed by atoms with Crippen molar-refractivity contribution in [2.24, 2.45) is 13.0 Å². The minimum atomic E-state index is -3.88. The van der Waals surface area contributed by atoms with E-state index in [1.54, 1.807) is 14.2 Å². The van der Waals surface area contributed by atoms with Gasteiger partial charge < -0.3 is 4.74 Å². The number of rotatable bonds is 5. The molecule has 1 aliphatic carbocycles. The van der Waals surface area contributed by atoms with Crippen LogP contribution < -0.4 is 9.46 Å². The topological polar surface area (TPSA) is 90.3 Å². The lowest BCUT2D eigenvalue weighted by Crippen LogP contribution is -2.32. The second kappa shape index (κ2) is 5.69. The summed E-state index contributed by atoms with van der Waals surface area (Å²) in [4.78, 5) is 12.2. The first-order valence-electron chi connectivity index (χ1n) is 7.10. The van der Waals surface area contributed by atoms with Crippen molar-refractivity contribution < 1.29 is 17.9 Å². The molecule has 7 nitrogen and oxygen atoms in total. The fourth-order valence-electron chi connectivity index (χ4n) is 2.61. The van der Waals surface area contributed by atoms with Crippen molar-refractivity contribution in [2.75, 3.05) is 7.11 Å². The average molecular weight is 335 g/mol. The standard InChI is InChI=1S/C15H17N3O4S/c1-18-9-10(8-16-18)23(20,21)17-15(19)13-7-12(13)11-5-3-4-6-14(11)22-2/h3-6,8-9,12-13H,7H2,1-2H3,(H,17,19)/t12-,13-/m0/s1. The molecule has 1 amide bonds. The van der Waals surface area contributed by atoms with E-state index in [9.17, 15) is 13.2 Å². The minimum Gasteiger partial charge on any atom is -0.496 e. The molecule has 0 radical (unpaired) electrons. The van der Waals surface area contributed by atoms with Gasteiger partial charge in [-0.25, -0.2) is 13.1 Å². The number of para-hydroxylation sites is 1. The Hall–Kier alpha value is -2.35. The van der Waals surface area contributed by atoms with Crippen molar-refractivity contribution in [2.45, 2.75) is 17.2 Å². The van der Waals surface area contributed by atoms with E-state index in [-0.39, 0.29) is 16.7 Å². The molecule has 0 bridgehead atoms. The number of nitrogens with zero attached hydrogens (tertiary/aromatic N) is 2. The summed E-state index contributed by atoms with van der Waals surface area (Å²) in [5, 5.41) is 3.81. The van der Waals surface area contributed by atoms with Gasteiger partial charge in [-0.2, -0.15) is 5.10 Å². The summed E-state index contributed by atoms with van der Waals surface area (Å²) in [7, 11) is -0.696. The third-order valence-electron chi connectivity index (χ3n) is 3.89. The van der Waals surface area contributed by atoms with Crippen LogP contribution in [0.3, 0.4) is 0 Å². The summed E-state index contributed by atoms with van der Waals surface area (Å²) in [5.74, 6) is -0.166. The number of carbonyl (C=O) groups is 1. The van der Waals surface area contributed by atoms with Crippen molar-refractivity contribution in [3.8, 4) is 5.75 Å². The molecule has 1 fully saturated rings. The molecule has 8 heteroatoms. The maximum Gasteiger partial charge on any atom is 0.267 e. The Morgan fingerprint density at radius 1 is 1.39 bits per heavy atom. The SMILES string of the molecule is COc1ccccc1[C@@H]1C[C@@H]1C(=O)NS(=O)(=O)c1cnn(C)c1. The van der Waals surface area contributed by atoms with Crippen molar-refractivity contribution in [3.63, 3.8) is 0 Å². The summed E-state index contributed by atoms with van der Waals surface area (Å²) in [6.45, 7) is 0. The van der Waals surface area contributed by atoms with Crippen molar-refractivity contribution in [3.05, 3.63) is 42.2 Å². The van der Waals surface area contributed by atoms with Gasteiger partial charge in [0.15, 0.2) is 0 Å². The van der Waals surface area contributed by atoms with E-state index in [2.05, 4.69) is 9.82 Å². The molecule has 1 saturated carbocycles. The third kappa shape index (κ3) is 3.07. The summed E-state index contributed by atoms with van der Waals surface area (Å²) in [5.41, 5.74) is 0.925. The maximum atomic E-state index is 12.2. The Bertz CT molecular complexity index is 844. The smallest absolute Gasteiger partial charge is 0.267 e. The van der Waals surface area contributed by atoms with Crippen molar-refractivity contribution in [1.29, 1.82) is 0 Å². The molecule has 1 N–H and O–H groups in total. The zero-order valence-electron chi connectivity index (χ0n) is 12.8. The van der Waals surface area contributed by atoms with E-state index in [0.717, 1.165) is 5.56 Å². The number of nitrogens with one attached hydrogen (secondary N) is 1. The molecule has 1 aromatic carbocycles. The van der Waals surface area contributed by atoms with Crippen LogP contribution in [0.15, 0.2) is 41.6 Å². The Kier molecular flexibility index (Phi) is 3.85. The highest BCUT2D eigenvalue weighted by Crippen LogP contribution is 2.50. The molecule has 2 atom stereocenters. The Balaban J connectivity index is 1.71. The normalized spacial score (nSPS) is 20.1. The molecular weight excluding hydrogens is 318 g/mol. The highest BCUT2D eigenvalue weighted by Gasteiger charge is 2.46. The quantitative estimate of drug-likeness (QED) is 0.881. The first kappa shape index (κ1) is 15.5. The van der Waals surface area contributed by atoms with Gasteiger partial charge in [0.1, 0.15) is 10.6 Å². The van der Waals surface area contributed by atoms with Crippen molar-refractivity contribution >= 4 is 15.9 Å². The van der Waals surface area contributed by atoms with Crippen LogP contribution in [0.2, 0.25) is 0 Å². The van der Waals surface area contributed by atoms with Crippen LogP contribution in [-0.4, -0.2) is 31.2 Å². The van der Waals surface area contributed by atoms with E-state index in [4.69, 9.17) is 4.74 Å². The van der Waals surface area contributed by atoms with E-state index >= 15 is 0 Å². The first-order valence-corrected chi connectivity index (χ1v) is 8.59. The molecule has 1 aliphatic rings. The lowest BCUT2D eigenvalue weighted by atomic mass is 10.1. The third-order valence-corrected chi connectivity index (χ3v) is 5.19. The van der Waals surface area contributed by atoms with Gasteiger partial charge in [0.05, 0.1) is 13.3 Å². The second-order valence-electron chi connectivity index (χ2n) is 5.51. The van der Waals surface area contributed by atoms with Crippen LogP contribution >= 0.6 is 0 Å². The molecular formula is C15H17N3O4S. The first-order chi connectivity index (χ1) is 10.9. The monoisotopic (exact) mass is 335 g/mol. The molecule has 122 valence electrons. The molecule has 0 spiro atoms. The average Bonchev–Trinajstić information content (AvgIpc) is 3.20. The van der Waals surface area contributed by atoms with E-state index in [1.807, 2.05) is 24.3 Å². The van der Waals surface area contributed by atoms with Gasteiger partial charge in [0.25, 0.3) is 10.0 Å². The highest BCUT2D eigenvalue weighted by molar-refractivity contribution is 7.90. The van der Waals surface area contributed by atoms with Gasteiger partial charge in [-0.1, -0.05) is 18.2 Å². The van der Waals surface area contributed by atoms with Gasteiger partial charge in [-0.3, -0.25) is 9.48 Å². The van der Waals surface area contributed by atoms with E-state index in [1.165, 1.54) is 17.1 Å². The largest absolute Gasteiger partial charge is 0.496 e. The number of hydrogen-bond acceptors (Lipinski definition) is 5. The molecule has 0 aliphatic heterocycles. The van der Waals surface area contributed by atoms with E-state index in [0.29, 0.717) is 12.2 Å². The van der Waals surface area contributed by atoms with E-state index < -0.39 is 15.9 Å². The molecule has 0 saturated heterocycles. The number of benzene rings is 1. The molecule has 1 aromatic heterocycles. The Labute approximate surface area is 134 Å². The van der Waals surface area contributed by atoms with Crippen LogP contribution in [0, 0.1) is 5.92 Å². The number of hydrogen-bond donors (Lipinski definition) is 1. The second-order valence-corrected chi connectivity index (χ2v) is 7.19. The van der Waals surface area contributed by atoms with Crippen LogP contribution in [-0.2, 0) is 21.9 Å². The van der Waals surface area contributed by atoms with Gasteiger partial charge in [0.2, 0.25) is 5.91 Å². The molecule has 23 heavy (non-hydrogen) atoms. The Morgan fingerprint density at radius 2 is 2.13 bits per heavy atom. The number of sulfonamides is 1. The lowest BCUT2D eigenvalue weighted by Gasteiger charge is -2.08. The van der Waals surface area contributed by atoms with Gasteiger partial charge in [-0.15, -0.1) is 0 Å². The predicted molar refractivity (Wildman–Crippen MR) is 82.4 cm³/mol. The van der Waals surface area contributed by atoms with Crippen LogP contribution in [0.5, 0.6) is 5.75 Å². The number of aromatic nitrogens is 2. The molecule has 3 rings (SSSR count). The van der Waals surface area contributed by atoms with Crippen molar-refractivity contribution in [1.82, 2.24) is 14.5 Å². The summed E-state index contributed by atoms with van der Waals surface area (Å²) < 4.78 is 33.1. The molecule has 1 heterocycles. The fraction of sp³-hybridized carbons (Fsp3) is 0.333. The Morgan fingerprint density at radius 3 is 2.78 bits per heavy atom. The van der Waals surface area contributed by atoms with Gasteiger partial charge in [0, 0.05) is 19.2 Å². The van der Waals surface area contributed by atoms with Gasteiger partial charge in [-0.05, 0) is 24.0 Å². The zero-order chi connectivity index (χ0) is 16.6. The summed E-state index contributed by atoms with van der Waals surface area (Å²) in [6, 6.07) is 7.45.